The number of rotatable bonds is 3. The Balaban J connectivity index is 2.35. The van der Waals surface area contributed by atoms with Crippen molar-refractivity contribution in [3.63, 3.8) is 0 Å². The molecule has 0 aliphatic heterocycles. The standard InChI is InChI=1S/C11H11FN2OS2/c1-6(15)10-8(12)4-3-5-9(10)17-11-14-13-7(2)16-11/h3-6,15H,1-2H3. The first-order valence-electron chi connectivity index (χ1n) is 5.02. The number of aliphatic hydroxyl groups is 1. The third-order valence-corrected chi connectivity index (χ3v) is 4.10. The second-order valence-corrected chi connectivity index (χ2v) is 5.99. The number of hydrogen-bond donors (Lipinski definition) is 1. The Hall–Kier alpha value is -0.980. The summed E-state index contributed by atoms with van der Waals surface area (Å²) in [6.45, 7) is 3.41. The summed E-state index contributed by atoms with van der Waals surface area (Å²) in [4.78, 5) is 0.677. The number of halogens is 1. The highest BCUT2D eigenvalue weighted by atomic mass is 32.2. The molecule has 1 atom stereocenters. The monoisotopic (exact) mass is 270 g/mol. The van der Waals surface area contributed by atoms with Gasteiger partial charge in [0, 0.05) is 10.5 Å². The molecule has 90 valence electrons. The summed E-state index contributed by atoms with van der Waals surface area (Å²) in [5, 5.41) is 18.3. The van der Waals surface area contributed by atoms with Gasteiger partial charge in [-0.2, -0.15) is 0 Å². The SMILES string of the molecule is Cc1nnc(Sc2cccc(F)c2C(C)O)s1. The molecule has 0 fully saturated rings. The number of hydrogen-bond acceptors (Lipinski definition) is 5. The van der Waals surface area contributed by atoms with Crippen molar-refractivity contribution in [1.29, 1.82) is 0 Å². The zero-order valence-corrected chi connectivity index (χ0v) is 11.0. The van der Waals surface area contributed by atoms with Crippen LogP contribution < -0.4 is 0 Å². The molecule has 6 heteroatoms. The van der Waals surface area contributed by atoms with Crippen molar-refractivity contribution in [3.8, 4) is 0 Å². The number of aryl methyl sites for hydroxylation is 1. The van der Waals surface area contributed by atoms with Gasteiger partial charge in [0.1, 0.15) is 10.8 Å². The average Bonchev–Trinajstić information content (AvgIpc) is 2.63. The summed E-state index contributed by atoms with van der Waals surface area (Å²) in [5.41, 5.74) is 0.311. The van der Waals surface area contributed by atoms with Crippen LogP contribution in [0.2, 0.25) is 0 Å². The summed E-state index contributed by atoms with van der Waals surface area (Å²) < 4.78 is 14.3. The normalized spacial score (nSPS) is 12.7. The second-order valence-electron chi connectivity index (χ2n) is 3.52. The van der Waals surface area contributed by atoms with Crippen LogP contribution in [0.15, 0.2) is 27.4 Å². The molecule has 1 N–H and O–H groups in total. The van der Waals surface area contributed by atoms with Gasteiger partial charge in [0.25, 0.3) is 0 Å². The van der Waals surface area contributed by atoms with Crippen LogP contribution in [0.25, 0.3) is 0 Å². The van der Waals surface area contributed by atoms with Gasteiger partial charge in [-0.15, -0.1) is 10.2 Å². The smallest absolute Gasteiger partial charge is 0.179 e. The maximum atomic E-state index is 13.6. The third-order valence-electron chi connectivity index (χ3n) is 2.14. The molecule has 2 aromatic rings. The first-order valence-corrected chi connectivity index (χ1v) is 6.65. The Kier molecular flexibility index (Phi) is 3.76. The van der Waals surface area contributed by atoms with Gasteiger partial charge in [0.05, 0.1) is 6.10 Å². The van der Waals surface area contributed by atoms with E-state index in [4.69, 9.17) is 0 Å². The number of aliphatic hydroxyl groups excluding tert-OH is 1. The topological polar surface area (TPSA) is 46.0 Å². The number of nitrogens with zero attached hydrogens (tertiary/aromatic N) is 2. The molecule has 1 unspecified atom stereocenters. The van der Waals surface area contributed by atoms with Crippen LogP contribution in [-0.2, 0) is 0 Å². The predicted molar refractivity (Wildman–Crippen MR) is 65.8 cm³/mol. The van der Waals surface area contributed by atoms with E-state index in [0.29, 0.717) is 10.5 Å². The quantitative estimate of drug-likeness (QED) is 0.930. The average molecular weight is 270 g/mol. The third kappa shape index (κ3) is 2.83. The number of aromatic nitrogens is 2. The number of benzene rings is 1. The summed E-state index contributed by atoms with van der Waals surface area (Å²) in [6, 6.07) is 4.74. The van der Waals surface area contributed by atoms with Gasteiger partial charge in [-0.3, -0.25) is 0 Å². The maximum absolute atomic E-state index is 13.6. The first-order chi connectivity index (χ1) is 8.08. The fourth-order valence-corrected chi connectivity index (χ4v) is 3.43. The van der Waals surface area contributed by atoms with Gasteiger partial charge in [-0.1, -0.05) is 29.2 Å². The van der Waals surface area contributed by atoms with Gasteiger partial charge in [-0.05, 0) is 26.0 Å². The minimum Gasteiger partial charge on any atom is -0.389 e. The molecule has 0 bridgehead atoms. The van der Waals surface area contributed by atoms with Gasteiger partial charge >= 0.3 is 0 Å². The molecular formula is C11H11FN2OS2. The van der Waals surface area contributed by atoms with E-state index in [0.717, 1.165) is 9.35 Å². The first kappa shape index (κ1) is 12.5. The van der Waals surface area contributed by atoms with Crippen LogP contribution in [0.3, 0.4) is 0 Å². The highest BCUT2D eigenvalue weighted by molar-refractivity contribution is 8.01. The Labute approximate surface area is 107 Å². The molecule has 2 rings (SSSR count). The lowest BCUT2D eigenvalue weighted by atomic mass is 10.1. The van der Waals surface area contributed by atoms with Crippen LogP contribution in [0.1, 0.15) is 23.6 Å². The van der Waals surface area contributed by atoms with E-state index in [1.807, 2.05) is 6.92 Å². The Morgan fingerprint density at radius 2 is 2.18 bits per heavy atom. The molecule has 0 aliphatic carbocycles. The molecular weight excluding hydrogens is 259 g/mol. The largest absolute Gasteiger partial charge is 0.389 e. The van der Waals surface area contributed by atoms with Crippen molar-refractivity contribution in [2.45, 2.75) is 29.2 Å². The molecule has 0 radical (unpaired) electrons. The lowest BCUT2D eigenvalue weighted by Gasteiger charge is -2.10. The van der Waals surface area contributed by atoms with E-state index >= 15 is 0 Å². The molecule has 0 saturated heterocycles. The van der Waals surface area contributed by atoms with Crippen LogP contribution >= 0.6 is 23.1 Å². The minimum absolute atomic E-state index is 0.311. The van der Waals surface area contributed by atoms with Gasteiger partial charge < -0.3 is 5.11 Å². The Morgan fingerprint density at radius 3 is 2.76 bits per heavy atom. The van der Waals surface area contributed by atoms with Crippen molar-refractivity contribution in [2.75, 3.05) is 0 Å². The Bertz CT molecular complexity index is 528. The van der Waals surface area contributed by atoms with Crippen LogP contribution in [0.5, 0.6) is 0 Å². The van der Waals surface area contributed by atoms with E-state index in [1.54, 1.807) is 19.1 Å². The molecule has 0 saturated carbocycles. The second kappa shape index (κ2) is 5.12. The van der Waals surface area contributed by atoms with E-state index in [2.05, 4.69) is 10.2 Å². The van der Waals surface area contributed by atoms with Gasteiger partial charge in [0.15, 0.2) is 4.34 Å². The molecule has 1 aromatic heterocycles. The lowest BCUT2D eigenvalue weighted by Crippen LogP contribution is -1.98. The van der Waals surface area contributed by atoms with E-state index in [1.165, 1.54) is 29.2 Å². The van der Waals surface area contributed by atoms with E-state index < -0.39 is 11.9 Å². The lowest BCUT2D eigenvalue weighted by molar-refractivity contribution is 0.191. The zero-order valence-electron chi connectivity index (χ0n) is 9.35. The van der Waals surface area contributed by atoms with Crippen LogP contribution in [0.4, 0.5) is 4.39 Å². The fraction of sp³-hybridized carbons (Fsp3) is 0.273. The predicted octanol–water partition coefficient (Wildman–Crippen LogP) is 3.19. The molecule has 1 aromatic carbocycles. The molecule has 0 spiro atoms. The fourth-order valence-electron chi connectivity index (χ4n) is 1.43. The molecule has 17 heavy (non-hydrogen) atoms. The maximum Gasteiger partial charge on any atom is 0.179 e. The van der Waals surface area contributed by atoms with E-state index in [-0.39, 0.29) is 0 Å². The van der Waals surface area contributed by atoms with E-state index in [9.17, 15) is 9.50 Å². The van der Waals surface area contributed by atoms with Gasteiger partial charge in [-0.25, -0.2) is 4.39 Å². The van der Waals surface area contributed by atoms with Crippen molar-refractivity contribution < 1.29 is 9.50 Å². The zero-order chi connectivity index (χ0) is 12.4. The van der Waals surface area contributed by atoms with Crippen LogP contribution in [-0.4, -0.2) is 15.3 Å². The van der Waals surface area contributed by atoms with Crippen molar-refractivity contribution >= 4 is 23.1 Å². The minimum atomic E-state index is -0.840. The summed E-state index contributed by atoms with van der Waals surface area (Å²) in [7, 11) is 0. The molecule has 0 amide bonds. The Morgan fingerprint density at radius 1 is 1.41 bits per heavy atom. The van der Waals surface area contributed by atoms with Crippen molar-refractivity contribution in [1.82, 2.24) is 10.2 Å². The molecule has 1 heterocycles. The van der Waals surface area contributed by atoms with Crippen LogP contribution in [0, 0.1) is 12.7 Å². The van der Waals surface area contributed by atoms with Crippen molar-refractivity contribution in [2.24, 2.45) is 0 Å². The molecule has 0 aliphatic rings. The van der Waals surface area contributed by atoms with Crippen molar-refractivity contribution in [3.05, 3.63) is 34.6 Å². The van der Waals surface area contributed by atoms with Gasteiger partial charge in [0.2, 0.25) is 0 Å². The highest BCUT2D eigenvalue weighted by Crippen LogP contribution is 2.35. The highest BCUT2D eigenvalue weighted by Gasteiger charge is 2.15. The summed E-state index contributed by atoms with van der Waals surface area (Å²) in [5.74, 6) is -0.397. The summed E-state index contributed by atoms with van der Waals surface area (Å²) in [6.07, 6.45) is -0.840. The summed E-state index contributed by atoms with van der Waals surface area (Å²) >= 11 is 2.77. The molecule has 3 nitrogen and oxygen atoms in total.